The maximum absolute atomic E-state index is 13.7. The first kappa shape index (κ1) is 16.5. The molecule has 1 amide bonds. The van der Waals surface area contributed by atoms with Crippen molar-refractivity contribution in [3.8, 4) is 0 Å². The summed E-state index contributed by atoms with van der Waals surface area (Å²) in [6.45, 7) is 2.59. The molecule has 0 N–H and O–H groups in total. The predicted molar refractivity (Wildman–Crippen MR) is 87.4 cm³/mol. The quantitative estimate of drug-likeness (QED) is 0.807. The van der Waals surface area contributed by atoms with Gasteiger partial charge >= 0.3 is 0 Å². The molecule has 0 aromatic heterocycles. The first-order valence-electron chi connectivity index (χ1n) is 7.26. The standard InChI is InChI=1S/C18H19ClFNO/c1-3-13-7-9-14(10-8-13)12-21(2)18(22)11-15-16(19)5-4-6-17(15)20/h4-10H,3,11-12H2,1-2H3. The van der Waals surface area contributed by atoms with Crippen LogP contribution in [-0.2, 0) is 24.2 Å². The van der Waals surface area contributed by atoms with Crippen molar-refractivity contribution in [2.75, 3.05) is 7.05 Å². The zero-order valence-corrected chi connectivity index (χ0v) is 13.5. The van der Waals surface area contributed by atoms with Crippen molar-refractivity contribution in [2.45, 2.75) is 26.3 Å². The molecule has 2 nitrogen and oxygen atoms in total. The van der Waals surface area contributed by atoms with Gasteiger partial charge in [-0.15, -0.1) is 0 Å². The fourth-order valence-electron chi connectivity index (χ4n) is 2.23. The van der Waals surface area contributed by atoms with E-state index in [0.29, 0.717) is 6.54 Å². The number of aryl methyl sites for hydroxylation is 1. The van der Waals surface area contributed by atoms with E-state index >= 15 is 0 Å². The van der Waals surface area contributed by atoms with Crippen LogP contribution in [0.2, 0.25) is 5.02 Å². The van der Waals surface area contributed by atoms with Crippen LogP contribution in [0.5, 0.6) is 0 Å². The first-order valence-corrected chi connectivity index (χ1v) is 7.63. The second-order valence-corrected chi connectivity index (χ2v) is 5.70. The summed E-state index contributed by atoms with van der Waals surface area (Å²) in [5.74, 6) is -0.604. The number of carbonyl (C=O) groups is 1. The van der Waals surface area contributed by atoms with Gasteiger partial charge in [0.1, 0.15) is 5.82 Å². The highest BCUT2D eigenvalue weighted by molar-refractivity contribution is 6.31. The van der Waals surface area contributed by atoms with Crippen molar-refractivity contribution in [3.05, 3.63) is 70.0 Å². The minimum atomic E-state index is -0.443. The molecule has 0 aliphatic rings. The fraction of sp³-hybridized carbons (Fsp3) is 0.278. The van der Waals surface area contributed by atoms with Gasteiger partial charge in [-0.2, -0.15) is 0 Å². The van der Waals surface area contributed by atoms with Gasteiger partial charge in [0.05, 0.1) is 6.42 Å². The topological polar surface area (TPSA) is 20.3 Å². The van der Waals surface area contributed by atoms with Gasteiger partial charge in [-0.05, 0) is 29.7 Å². The molecule has 0 unspecified atom stereocenters. The molecule has 0 aliphatic carbocycles. The van der Waals surface area contributed by atoms with Crippen LogP contribution in [0.4, 0.5) is 4.39 Å². The van der Waals surface area contributed by atoms with Crippen LogP contribution in [0.1, 0.15) is 23.6 Å². The van der Waals surface area contributed by atoms with Crippen LogP contribution in [0.3, 0.4) is 0 Å². The highest BCUT2D eigenvalue weighted by Gasteiger charge is 2.15. The molecule has 0 spiro atoms. The van der Waals surface area contributed by atoms with E-state index in [1.807, 2.05) is 12.1 Å². The first-order chi connectivity index (χ1) is 10.5. The average molecular weight is 320 g/mol. The predicted octanol–water partition coefficient (Wildman–Crippen LogP) is 4.24. The average Bonchev–Trinajstić information content (AvgIpc) is 2.51. The van der Waals surface area contributed by atoms with Gasteiger partial charge in [-0.3, -0.25) is 4.79 Å². The number of halogens is 2. The summed E-state index contributed by atoms with van der Waals surface area (Å²) in [4.78, 5) is 13.8. The van der Waals surface area contributed by atoms with E-state index in [2.05, 4.69) is 19.1 Å². The molecule has 2 aromatic carbocycles. The van der Waals surface area contributed by atoms with Crippen molar-refractivity contribution >= 4 is 17.5 Å². The van der Waals surface area contributed by atoms with E-state index in [1.54, 1.807) is 18.0 Å². The number of rotatable bonds is 5. The lowest BCUT2D eigenvalue weighted by Gasteiger charge is -2.18. The molecule has 0 saturated carbocycles. The smallest absolute Gasteiger partial charge is 0.227 e. The largest absolute Gasteiger partial charge is 0.341 e. The highest BCUT2D eigenvalue weighted by atomic mass is 35.5. The van der Waals surface area contributed by atoms with E-state index in [4.69, 9.17) is 11.6 Å². The molecule has 2 aromatic rings. The summed E-state index contributed by atoms with van der Waals surface area (Å²) >= 11 is 5.96. The zero-order chi connectivity index (χ0) is 16.1. The SMILES string of the molecule is CCc1ccc(CN(C)C(=O)Cc2c(F)cccc2Cl)cc1. The summed E-state index contributed by atoms with van der Waals surface area (Å²) in [6, 6.07) is 12.6. The van der Waals surface area contributed by atoms with Crippen molar-refractivity contribution in [2.24, 2.45) is 0 Å². The molecular weight excluding hydrogens is 301 g/mol. The van der Waals surface area contributed by atoms with Crippen molar-refractivity contribution < 1.29 is 9.18 Å². The van der Waals surface area contributed by atoms with Gasteiger partial charge in [0.2, 0.25) is 5.91 Å². The van der Waals surface area contributed by atoms with Crippen molar-refractivity contribution in [3.63, 3.8) is 0 Å². The minimum Gasteiger partial charge on any atom is -0.341 e. The molecule has 116 valence electrons. The second kappa shape index (κ2) is 7.41. The molecule has 0 radical (unpaired) electrons. The second-order valence-electron chi connectivity index (χ2n) is 5.30. The van der Waals surface area contributed by atoms with Crippen LogP contribution in [0, 0.1) is 5.82 Å². The summed E-state index contributed by atoms with van der Waals surface area (Å²) < 4.78 is 13.7. The van der Waals surface area contributed by atoms with Gasteiger partial charge in [0, 0.05) is 24.2 Å². The van der Waals surface area contributed by atoms with E-state index in [1.165, 1.54) is 17.7 Å². The summed E-state index contributed by atoms with van der Waals surface area (Å²) in [6.07, 6.45) is 0.954. The number of hydrogen-bond acceptors (Lipinski definition) is 1. The summed E-state index contributed by atoms with van der Waals surface area (Å²) in [5, 5.41) is 0.286. The Balaban J connectivity index is 2.02. The summed E-state index contributed by atoms with van der Waals surface area (Å²) in [5.41, 5.74) is 2.56. The van der Waals surface area contributed by atoms with E-state index in [9.17, 15) is 9.18 Å². The molecule has 0 saturated heterocycles. The Kier molecular flexibility index (Phi) is 5.56. The Labute approximate surface area is 135 Å². The molecule has 22 heavy (non-hydrogen) atoms. The minimum absolute atomic E-state index is 0.0327. The molecule has 0 fully saturated rings. The molecule has 2 rings (SSSR count). The third-order valence-electron chi connectivity index (χ3n) is 3.67. The Hall–Kier alpha value is -1.87. The van der Waals surface area contributed by atoms with Gasteiger partial charge in [-0.1, -0.05) is 48.9 Å². The van der Waals surface area contributed by atoms with Crippen LogP contribution in [0.15, 0.2) is 42.5 Å². The van der Waals surface area contributed by atoms with Gasteiger partial charge < -0.3 is 4.90 Å². The van der Waals surface area contributed by atoms with Gasteiger partial charge in [0.15, 0.2) is 0 Å². The van der Waals surface area contributed by atoms with E-state index in [0.717, 1.165) is 12.0 Å². The van der Waals surface area contributed by atoms with E-state index in [-0.39, 0.29) is 22.9 Å². The number of benzene rings is 2. The maximum atomic E-state index is 13.7. The zero-order valence-electron chi connectivity index (χ0n) is 12.8. The third-order valence-corrected chi connectivity index (χ3v) is 4.02. The van der Waals surface area contributed by atoms with Crippen molar-refractivity contribution in [1.82, 2.24) is 4.90 Å². The van der Waals surface area contributed by atoms with Crippen LogP contribution in [-0.4, -0.2) is 17.9 Å². The molecule has 0 bridgehead atoms. The maximum Gasteiger partial charge on any atom is 0.227 e. The lowest BCUT2D eigenvalue weighted by atomic mass is 10.1. The Bertz CT molecular complexity index is 634. The lowest BCUT2D eigenvalue weighted by Crippen LogP contribution is -2.28. The molecule has 0 atom stereocenters. The Morgan fingerprint density at radius 1 is 1.14 bits per heavy atom. The Morgan fingerprint density at radius 3 is 2.36 bits per heavy atom. The fourth-order valence-corrected chi connectivity index (χ4v) is 2.46. The number of amides is 1. The Morgan fingerprint density at radius 2 is 1.77 bits per heavy atom. The van der Waals surface area contributed by atoms with E-state index < -0.39 is 5.82 Å². The molecule has 0 aliphatic heterocycles. The monoisotopic (exact) mass is 319 g/mol. The number of carbonyl (C=O) groups excluding carboxylic acids is 1. The number of hydrogen-bond donors (Lipinski definition) is 0. The lowest BCUT2D eigenvalue weighted by molar-refractivity contribution is -0.129. The van der Waals surface area contributed by atoms with Crippen molar-refractivity contribution in [1.29, 1.82) is 0 Å². The van der Waals surface area contributed by atoms with Crippen LogP contribution >= 0.6 is 11.6 Å². The number of nitrogens with zero attached hydrogens (tertiary/aromatic N) is 1. The molecule has 4 heteroatoms. The molecular formula is C18H19ClFNO. The van der Waals surface area contributed by atoms with Crippen LogP contribution in [0.25, 0.3) is 0 Å². The van der Waals surface area contributed by atoms with Crippen LogP contribution < -0.4 is 0 Å². The summed E-state index contributed by atoms with van der Waals surface area (Å²) in [7, 11) is 1.71. The number of likely N-dealkylation sites (N-methyl/N-ethyl adjacent to an activating group) is 1. The third kappa shape index (κ3) is 4.08. The highest BCUT2D eigenvalue weighted by Crippen LogP contribution is 2.20. The normalized spacial score (nSPS) is 10.5. The molecule has 0 heterocycles. The van der Waals surface area contributed by atoms with Gasteiger partial charge in [-0.25, -0.2) is 4.39 Å². The van der Waals surface area contributed by atoms with Gasteiger partial charge in [0.25, 0.3) is 0 Å².